The number of methoxy groups -OCH3 is 1. The van der Waals surface area contributed by atoms with E-state index in [1.807, 2.05) is 0 Å². The van der Waals surface area contributed by atoms with Gasteiger partial charge in [-0.25, -0.2) is 14.4 Å². The molecule has 1 aromatic heterocycles. The van der Waals surface area contributed by atoms with E-state index < -0.39 is 113 Å². The molecular formula is C41H48N2O15. The van der Waals surface area contributed by atoms with E-state index in [0.717, 1.165) is 21.0 Å². The van der Waals surface area contributed by atoms with E-state index in [0.29, 0.717) is 0 Å². The quantitative estimate of drug-likeness (QED) is 0.161. The Kier molecular flexibility index (Phi) is 11.3. The van der Waals surface area contributed by atoms with Crippen molar-refractivity contribution in [3.8, 4) is 0 Å². The van der Waals surface area contributed by atoms with Gasteiger partial charge in [0.1, 0.15) is 23.9 Å². The molecule has 0 spiro atoms. The third kappa shape index (κ3) is 6.82. The van der Waals surface area contributed by atoms with E-state index in [-0.39, 0.29) is 35.3 Å². The van der Waals surface area contributed by atoms with Gasteiger partial charge in [0.15, 0.2) is 23.6 Å². The molecule has 3 fully saturated rings. The third-order valence-electron chi connectivity index (χ3n) is 12.5. The predicted molar refractivity (Wildman–Crippen MR) is 197 cm³/mol. The third-order valence-corrected chi connectivity index (χ3v) is 12.5. The van der Waals surface area contributed by atoms with Crippen molar-refractivity contribution in [1.82, 2.24) is 10.3 Å². The highest BCUT2D eigenvalue weighted by atomic mass is 16.6. The minimum Gasteiger partial charge on any atom is -0.456 e. The van der Waals surface area contributed by atoms with Gasteiger partial charge in [0.05, 0.1) is 42.8 Å². The van der Waals surface area contributed by atoms with Crippen molar-refractivity contribution < 1.29 is 72.5 Å². The smallest absolute Gasteiger partial charge is 0.407 e. The van der Waals surface area contributed by atoms with Crippen molar-refractivity contribution in [2.45, 2.75) is 108 Å². The fraction of sp³-hybridized carbons (Fsp3) is 0.537. The number of alkyl carbamates (subject to hydrolysis) is 1. The van der Waals surface area contributed by atoms with Crippen LogP contribution in [-0.4, -0.2) is 118 Å². The monoisotopic (exact) mass is 808 g/mol. The summed E-state index contributed by atoms with van der Waals surface area (Å²) in [6, 6.07) is 9.27. The van der Waals surface area contributed by atoms with Crippen LogP contribution in [0.25, 0.3) is 0 Å². The molecule has 4 N–H and O–H groups in total. The van der Waals surface area contributed by atoms with Gasteiger partial charge >= 0.3 is 30.0 Å². The Labute approximate surface area is 334 Å². The zero-order chi connectivity index (χ0) is 42.5. The lowest BCUT2D eigenvalue weighted by molar-refractivity contribution is -0.346. The van der Waals surface area contributed by atoms with Crippen LogP contribution in [0.5, 0.6) is 0 Å². The maximum Gasteiger partial charge on any atom is 0.407 e. The molecular weight excluding hydrogens is 760 g/mol. The van der Waals surface area contributed by atoms with Crippen molar-refractivity contribution in [3.05, 3.63) is 77.1 Å². The topological polar surface area (TPSA) is 243 Å². The number of carbonyl (C=O) groups is 6. The summed E-state index contributed by atoms with van der Waals surface area (Å²) in [7, 11) is 1.09. The van der Waals surface area contributed by atoms with Crippen LogP contribution in [0.3, 0.4) is 0 Å². The van der Waals surface area contributed by atoms with Crippen molar-refractivity contribution >= 4 is 35.8 Å². The van der Waals surface area contributed by atoms with Crippen LogP contribution in [0.2, 0.25) is 0 Å². The lowest BCUT2D eigenvalue weighted by Crippen LogP contribution is -2.82. The highest BCUT2D eigenvalue weighted by Gasteiger charge is 2.78. The normalized spacial score (nSPS) is 33.2. The lowest BCUT2D eigenvalue weighted by atomic mass is 9.44. The average molecular weight is 809 g/mol. The molecule has 312 valence electrons. The van der Waals surface area contributed by atoms with Crippen LogP contribution < -0.4 is 5.32 Å². The number of carbonyl (C=O) groups excluding carboxylic acids is 6. The first-order valence-corrected chi connectivity index (χ1v) is 18.8. The van der Waals surface area contributed by atoms with Crippen molar-refractivity contribution in [3.63, 3.8) is 0 Å². The highest BCUT2D eigenvalue weighted by molar-refractivity contribution is 5.95. The average Bonchev–Trinajstić information content (AvgIpc) is 3.18. The Morgan fingerprint density at radius 1 is 0.966 bits per heavy atom. The van der Waals surface area contributed by atoms with Gasteiger partial charge in [-0.2, -0.15) is 0 Å². The summed E-state index contributed by atoms with van der Waals surface area (Å²) in [5.74, 6) is -6.34. The molecule has 17 heteroatoms. The van der Waals surface area contributed by atoms with Gasteiger partial charge in [0, 0.05) is 44.5 Å². The number of aliphatic hydroxyl groups is 3. The van der Waals surface area contributed by atoms with E-state index in [9.17, 15) is 39.3 Å². The summed E-state index contributed by atoms with van der Waals surface area (Å²) in [6.07, 6.45) is -8.84. The number of hydrogen-bond acceptors (Lipinski definition) is 16. The fourth-order valence-corrected chi connectivity index (χ4v) is 9.46. The number of rotatable bonds is 9. The number of ketones is 1. The molecule has 1 saturated heterocycles. The van der Waals surface area contributed by atoms with Crippen LogP contribution in [0.1, 0.15) is 76.3 Å². The maximum atomic E-state index is 15.4. The fourth-order valence-electron chi connectivity index (χ4n) is 9.46. The number of aliphatic hydroxyl groups excluding tert-OH is 2. The van der Waals surface area contributed by atoms with Gasteiger partial charge in [-0.1, -0.05) is 32.0 Å². The molecule has 1 aromatic carbocycles. The van der Waals surface area contributed by atoms with E-state index in [4.69, 9.17) is 28.4 Å². The number of amides is 1. The number of aromatic nitrogens is 1. The number of nitrogens with zero attached hydrogens (tertiary/aromatic N) is 1. The second-order valence-corrected chi connectivity index (χ2v) is 16.0. The first-order valence-electron chi connectivity index (χ1n) is 18.8. The Hall–Kier alpha value is -5.23. The molecule has 17 nitrogen and oxygen atoms in total. The number of ether oxygens (including phenoxy) is 6. The zero-order valence-electron chi connectivity index (χ0n) is 33.1. The summed E-state index contributed by atoms with van der Waals surface area (Å²) in [5, 5.41) is 39.4. The zero-order valence-corrected chi connectivity index (χ0v) is 33.1. The SMILES string of the molecule is COC(=O)N[C@@H](c1ccncc1)[C@@H](O)C(=O)O[C@H]1C[C@@]2(O)[C@@H](OC(=O)c3ccccc3)[C@@H]3[C@]4(OC(C)=O)CO[C@@H]4C[C@@H](O)[C@@]3(C)C(=O)[C@H](OC(C)=O)C(=C1C)C2(C)C. The second kappa shape index (κ2) is 15.5. The number of hydrogen-bond donors (Lipinski definition) is 4. The van der Waals surface area contributed by atoms with E-state index in [2.05, 4.69) is 10.3 Å². The van der Waals surface area contributed by atoms with Crippen molar-refractivity contribution in [2.75, 3.05) is 13.7 Å². The summed E-state index contributed by atoms with van der Waals surface area (Å²) >= 11 is 0. The Balaban J connectivity index is 1.56. The molecule has 2 bridgehead atoms. The summed E-state index contributed by atoms with van der Waals surface area (Å²) < 4.78 is 34.7. The number of benzene rings is 1. The first kappa shape index (κ1) is 42.4. The standard InChI is InChI=1S/C41H48N2O15/c1-20-25(56-36(50)30(47)29(43-37(51)53-7)23-13-15-42-16-14-23)18-41(52)34(57-35(49)24-11-9-8-10-12-24)32-39(6,26(46)17-27-40(32,19-54-27)58-22(3)45)33(48)31(55-21(2)44)28(20)38(41,4)5/h8-16,25-27,29-32,34,46-47,52H,17-19H2,1-7H3,(H,43,51)/t25-,26+,27+,29-,30+,31+,32-,34-,39+,40-,41+/m0/s1. The highest BCUT2D eigenvalue weighted by Crippen LogP contribution is 2.64. The summed E-state index contributed by atoms with van der Waals surface area (Å²) in [6.45, 7) is 7.87. The van der Waals surface area contributed by atoms with Gasteiger partial charge in [0.2, 0.25) is 0 Å². The predicted octanol–water partition coefficient (Wildman–Crippen LogP) is 2.06. The summed E-state index contributed by atoms with van der Waals surface area (Å²) in [5.41, 5.74) is -7.45. The van der Waals surface area contributed by atoms with Crippen LogP contribution >= 0.6 is 0 Å². The molecule has 2 aromatic rings. The lowest BCUT2D eigenvalue weighted by Gasteiger charge is -2.67. The van der Waals surface area contributed by atoms with Crippen LogP contribution in [0.4, 0.5) is 4.79 Å². The molecule has 0 unspecified atom stereocenters. The van der Waals surface area contributed by atoms with Gasteiger partial charge in [-0.05, 0) is 54.8 Å². The molecule has 11 atom stereocenters. The van der Waals surface area contributed by atoms with Crippen LogP contribution in [0.15, 0.2) is 66.0 Å². The maximum absolute atomic E-state index is 15.4. The molecule has 6 rings (SSSR count). The van der Waals surface area contributed by atoms with Crippen LogP contribution in [0, 0.1) is 16.7 Å². The Morgan fingerprint density at radius 3 is 2.19 bits per heavy atom. The number of esters is 4. The van der Waals surface area contributed by atoms with Crippen LogP contribution in [-0.2, 0) is 47.6 Å². The number of Topliss-reactive ketones (excluding diaryl/α,β-unsaturated/α-hetero) is 1. The van der Waals surface area contributed by atoms with Gasteiger partial charge in [-0.15, -0.1) is 0 Å². The largest absolute Gasteiger partial charge is 0.456 e. The molecule has 3 aliphatic carbocycles. The Bertz CT molecular complexity index is 2010. The first-order chi connectivity index (χ1) is 27.2. The van der Waals surface area contributed by atoms with Crippen molar-refractivity contribution in [2.24, 2.45) is 16.7 Å². The molecule has 1 aliphatic heterocycles. The minimum absolute atomic E-state index is 0.0201. The summed E-state index contributed by atoms with van der Waals surface area (Å²) in [4.78, 5) is 85.6. The van der Waals surface area contributed by atoms with E-state index in [1.165, 1.54) is 50.5 Å². The van der Waals surface area contributed by atoms with E-state index in [1.54, 1.807) is 32.0 Å². The van der Waals surface area contributed by atoms with Crippen molar-refractivity contribution in [1.29, 1.82) is 0 Å². The molecule has 1 amide bonds. The minimum atomic E-state index is -2.40. The molecule has 58 heavy (non-hydrogen) atoms. The number of pyridine rings is 1. The number of fused-ring (bicyclic) bond motifs is 5. The van der Waals surface area contributed by atoms with Gasteiger partial charge in [0.25, 0.3) is 0 Å². The molecule has 2 saturated carbocycles. The number of nitrogens with one attached hydrogen (secondary N) is 1. The second-order valence-electron chi connectivity index (χ2n) is 16.0. The van der Waals surface area contributed by atoms with Gasteiger partial charge < -0.3 is 49.1 Å². The van der Waals surface area contributed by atoms with Gasteiger partial charge in [-0.3, -0.25) is 19.4 Å². The molecule has 2 heterocycles. The molecule has 0 radical (unpaired) electrons. The Morgan fingerprint density at radius 2 is 1.62 bits per heavy atom. The molecule has 4 aliphatic rings. The van der Waals surface area contributed by atoms with E-state index >= 15 is 4.79 Å².